The molecule has 0 saturated carbocycles. The molecular formula is C14H8F11O4-. The molecule has 0 aromatic heterocycles. The van der Waals surface area contributed by atoms with Crippen LogP contribution in [0.15, 0.2) is 24.3 Å². The predicted octanol–water partition coefficient (Wildman–Crippen LogP) is 3.39. The molecular weight excluding hydrogens is 441 g/mol. The highest BCUT2D eigenvalue weighted by atomic mass is 19.4. The molecule has 0 aliphatic rings. The lowest BCUT2D eigenvalue weighted by Crippen LogP contribution is -2.62. The van der Waals surface area contributed by atoms with E-state index >= 15 is 0 Å². The SMILES string of the molecule is O=C([O-])C(F)(F)Oc1ccc(COCC(F)(F)C(F)(F)C(F)(F)C(F)(F)F)cc1. The van der Waals surface area contributed by atoms with E-state index in [1.807, 2.05) is 0 Å². The van der Waals surface area contributed by atoms with Crippen molar-refractivity contribution in [3.05, 3.63) is 29.8 Å². The number of benzene rings is 1. The van der Waals surface area contributed by atoms with Crippen LogP contribution in [-0.2, 0) is 16.1 Å². The average molecular weight is 449 g/mol. The molecule has 0 aliphatic heterocycles. The quantitative estimate of drug-likeness (QED) is 0.543. The maximum absolute atomic E-state index is 13.2. The molecule has 0 unspecified atom stereocenters. The maximum atomic E-state index is 13.2. The van der Waals surface area contributed by atoms with Crippen molar-refractivity contribution in [3.63, 3.8) is 0 Å². The Morgan fingerprint density at radius 2 is 1.31 bits per heavy atom. The summed E-state index contributed by atoms with van der Waals surface area (Å²) < 4.78 is 147. The van der Waals surface area contributed by atoms with E-state index in [2.05, 4.69) is 9.47 Å². The molecule has 0 saturated heterocycles. The fourth-order valence-corrected chi connectivity index (χ4v) is 1.64. The molecule has 0 spiro atoms. The molecule has 1 aromatic carbocycles. The molecule has 0 aliphatic carbocycles. The lowest BCUT2D eigenvalue weighted by molar-refractivity contribution is -0.400. The van der Waals surface area contributed by atoms with Crippen LogP contribution in [-0.4, -0.2) is 42.6 Å². The van der Waals surface area contributed by atoms with Crippen molar-refractivity contribution in [2.24, 2.45) is 0 Å². The summed E-state index contributed by atoms with van der Waals surface area (Å²) in [6, 6.07) is 2.97. The van der Waals surface area contributed by atoms with Gasteiger partial charge in [0, 0.05) is 0 Å². The van der Waals surface area contributed by atoms with E-state index in [0.29, 0.717) is 12.1 Å². The van der Waals surface area contributed by atoms with Crippen LogP contribution >= 0.6 is 0 Å². The normalized spacial score (nSPS) is 14.0. The Kier molecular flexibility index (Phi) is 6.68. The third kappa shape index (κ3) is 5.19. The van der Waals surface area contributed by atoms with E-state index in [9.17, 15) is 58.2 Å². The van der Waals surface area contributed by atoms with Crippen LogP contribution < -0.4 is 9.84 Å². The van der Waals surface area contributed by atoms with Crippen LogP contribution in [0.3, 0.4) is 0 Å². The van der Waals surface area contributed by atoms with E-state index in [1.54, 1.807) is 0 Å². The van der Waals surface area contributed by atoms with Crippen molar-refractivity contribution >= 4 is 5.97 Å². The van der Waals surface area contributed by atoms with Crippen molar-refractivity contribution in [2.45, 2.75) is 36.7 Å². The van der Waals surface area contributed by atoms with Gasteiger partial charge in [-0.05, 0) is 17.7 Å². The number of alkyl halides is 11. The zero-order chi connectivity index (χ0) is 22.9. The first-order chi connectivity index (χ1) is 12.8. The molecule has 0 amide bonds. The highest BCUT2D eigenvalue weighted by Crippen LogP contribution is 2.53. The summed E-state index contributed by atoms with van der Waals surface area (Å²) >= 11 is 0. The first-order valence-corrected chi connectivity index (χ1v) is 7.00. The Morgan fingerprint density at radius 3 is 1.72 bits per heavy atom. The van der Waals surface area contributed by atoms with Gasteiger partial charge in [0.1, 0.15) is 12.4 Å². The molecule has 0 atom stereocenters. The van der Waals surface area contributed by atoms with Gasteiger partial charge >= 0.3 is 30.1 Å². The van der Waals surface area contributed by atoms with E-state index in [0.717, 1.165) is 12.1 Å². The molecule has 1 aromatic rings. The van der Waals surface area contributed by atoms with Crippen LogP contribution in [0.25, 0.3) is 0 Å². The monoisotopic (exact) mass is 449 g/mol. The van der Waals surface area contributed by atoms with Crippen molar-refractivity contribution in [3.8, 4) is 5.75 Å². The largest absolute Gasteiger partial charge is 0.541 e. The van der Waals surface area contributed by atoms with Gasteiger partial charge in [0.05, 0.1) is 6.61 Å². The Hall–Kier alpha value is -2.32. The average Bonchev–Trinajstić information content (AvgIpc) is 2.54. The standard InChI is InChI=1S/C14H9F11O4/c15-10(16,12(19,20)13(21,22)14(23,24)25)6-28-5-7-1-3-8(4-2-7)29-11(17,18)9(26)27/h1-4H,5-6H2,(H,26,27)/p-1. The summed E-state index contributed by atoms with van der Waals surface area (Å²) in [5.74, 6) is -23.4. The molecule has 0 fully saturated rings. The summed E-state index contributed by atoms with van der Waals surface area (Å²) in [5.41, 5.74) is -0.212. The lowest BCUT2D eigenvalue weighted by atomic mass is 10.0. The van der Waals surface area contributed by atoms with E-state index < -0.39 is 55.0 Å². The minimum Gasteiger partial charge on any atom is -0.541 e. The summed E-state index contributed by atoms with van der Waals surface area (Å²) in [5, 5.41) is 10.1. The first-order valence-electron chi connectivity index (χ1n) is 7.00. The smallest absolute Gasteiger partial charge is 0.460 e. The first kappa shape index (κ1) is 24.7. The molecule has 1 rings (SSSR count). The van der Waals surface area contributed by atoms with Crippen LogP contribution in [0.4, 0.5) is 48.3 Å². The number of carbonyl (C=O) groups is 1. The van der Waals surface area contributed by atoms with Crippen molar-refractivity contribution < 1.29 is 67.7 Å². The minimum atomic E-state index is -7.05. The van der Waals surface area contributed by atoms with E-state index in [-0.39, 0.29) is 5.56 Å². The number of halogens is 11. The summed E-state index contributed by atoms with van der Waals surface area (Å²) in [7, 11) is 0. The lowest BCUT2D eigenvalue weighted by Gasteiger charge is -2.33. The molecule has 166 valence electrons. The molecule has 15 heteroatoms. The number of carboxylic acid groups (broad SMARTS) is 1. The van der Waals surface area contributed by atoms with E-state index in [1.165, 1.54) is 0 Å². The van der Waals surface area contributed by atoms with Crippen molar-refractivity contribution in [1.29, 1.82) is 0 Å². The molecule has 0 heterocycles. The second kappa shape index (κ2) is 7.84. The Balaban J connectivity index is 2.76. The van der Waals surface area contributed by atoms with Gasteiger partial charge in [-0.2, -0.15) is 48.3 Å². The second-order valence-corrected chi connectivity index (χ2v) is 5.39. The van der Waals surface area contributed by atoms with Gasteiger partial charge in [-0.15, -0.1) is 0 Å². The van der Waals surface area contributed by atoms with Gasteiger partial charge in [0.15, 0.2) is 5.97 Å². The molecule has 0 radical (unpaired) electrons. The zero-order valence-corrected chi connectivity index (χ0v) is 13.5. The van der Waals surface area contributed by atoms with Gasteiger partial charge < -0.3 is 19.4 Å². The fraction of sp³-hybridized carbons (Fsp3) is 0.500. The van der Waals surface area contributed by atoms with Crippen molar-refractivity contribution in [1.82, 2.24) is 0 Å². The minimum absolute atomic E-state index is 0.212. The van der Waals surface area contributed by atoms with Crippen LogP contribution in [0.5, 0.6) is 5.75 Å². The Morgan fingerprint density at radius 1 is 0.828 bits per heavy atom. The third-order valence-corrected chi connectivity index (χ3v) is 3.17. The molecule has 0 bridgehead atoms. The summed E-state index contributed by atoms with van der Waals surface area (Å²) in [6.07, 6.45) is -11.7. The van der Waals surface area contributed by atoms with Crippen LogP contribution in [0, 0.1) is 0 Å². The fourth-order valence-electron chi connectivity index (χ4n) is 1.64. The highest BCUT2D eigenvalue weighted by Gasteiger charge is 2.81. The Labute approximate surface area is 153 Å². The number of carbonyl (C=O) groups excluding carboxylic acids is 1. The molecule has 29 heavy (non-hydrogen) atoms. The number of hydrogen-bond acceptors (Lipinski definition) is 4. The third-order valence-electron chi connectivity index (χ3n) is 3.17. The second-order valence-electron chi connectivity index (χ2n) is 5.39. The van der Waals surface area contributed by atoms with Crippen molar-refractivity contribution in [2.75, 3.05) is 6.61 Å². The zero-order valence-electron chi connectivity index (χ0n) is 13.5. The summed E-state index contributed by atoms with van der Waals surface area (Å²) in [6.45, 7) is -3.56. The van der Waals surface area contributed by atoms with E-state index in [4.69, 9.17) is 0 Å². The van der Waals surface area contributed by atoms with Crippen LogP contribution in [0.2, 0.25) is 0 Å². The van der Waals surface area contributed by atoms with Crippen LogP contribution in [0.1, 0.15) is 5.56 Å². The van der Waals surface area contributed by atoms with Gasteiger partial charge in [0.2, 0.25) is 0 Å². The maximum Gasteiger partial charge on any atom is 0.460 e. The van der Waals surface area contributed by atoms with Gasteiger partial charge in [0.25, 0.3) is 0 Å². The number of aliphatic carboxylic acids is 1. The highest BCUT2D eigenvalue weighted by molar-refractivity contribution is 5.71. The topological polar surface area (TPSA) is 58.6 Å². The number of ether oxygens (including phenoxy) is 2. The van der Waals surface area contributed by atoms with Gasteiger partial charge in [-0.3, -0.25) is 0 Å². The predicted molar refractivity (Wildman–Crippen MR) is 67.6 cm³/mol. The van der Waals surface area contributed by atoms with Gasteiger partial charge in [-0.1, -0.05) is 12.1 Å². The number of rotatable bonds is 9. The molecule has 0 N–H and O–H groups in total. The number of hydrogen-bond donors (Lipinski definition) is 0. The molecule has 4 nitrogen and oxygen atoms in total. The number of carboxylic acids is 1. The Bertz CT molecular complexity index is 713. The van der Waals surface area contributed by atoms with Gasteiger partial charge in [-0.25, -0.2) is 0 Å². The summed E-state index contributed by atoms with van der Waals surface area (Å²) in [4.78, 5) is 10.1.